The molecule has 1 heterocycles. The highest BCUT2D eigenvalue weighted by Gasteiger charge is 2.19. The van der Waals surface area contributed by atoms with E-state index in [1.807, 2.05) is 0 Å². The van der Waals surface area contributed by atoms with Crippen LogP contribution in [0.1, 0.15) is 0 Å². The number of hydrogen-bond acceptors (Lipinski definition) is 6. The Bertz CT molecular complexity index is 1010. The molecule has 0 radical (unpaired) electrons. The summed E-state index contributed by atoms with van der Waals surface area (Å²) < 4.78 is 21.0. The Balaban J connectivity index is 2.19. The number of methoxy groups -OCH3 is 2. The van der Waals surface area contributed by atoms with Crippen LogP contribution >= 0.6 is 11.6 Å². The smallest absolute Gasteiger partial charge is 0.343 e. The van der Waals surface area contributed by atoms with E-state index in [1.165, 1.54) is 13.2 Å². The van der Waals surface area contributed by atoms with Gasteiger partial charge in [-0.15, -0.1) is 0 Å². The molecule has 0 aliphatic heterocycles. The maximum atomic E-state index is 12.9. The first kappa shape index (κ1) is 17.8. The van der Waals surface area contributed by atoms with Gasteiger partial charge in [0.25, 0.3) is 0 Å². The van der Waals surface area contributed by atoms with Gasteiger partial charge in [0.15, 0.2) is 12.4 Å². The summed E-state index contributed by atoms with van der Waals surface area (Å²) in [6.07, 6.45) is 0. The molecule has 6 nitrogen and oxygen atoms in total. The van der Waals surface area contributed by atoms with Gasteiger partial charge in [-0.1, -0.05) is 11.6 Å². The molecular formula is C19H15ClO6. The molecule has 7 heteroatoms. The fraction of sp³-hybridized carbons (Fsp3) is 0.158. The molecule has 0 aliphatic rings. The van der Waals surface area contributed by atoms with Crippen molar-refractivity contribution in [3.05, 3.63) is 57.7 Å². The molecule has 0 unspecified atom stereocenters. The minimum atomic E-state index is -0.615. The molecule has 0 spiro atoms. The molecule has 0 saturated heterocycles. The zero-order chi connectivity index (χ0) is 18.7. The van der Waals surface area contributed by atoms with Crippen molar-refractivity contribution in [2.24, 2.45) is 0 Å². The first-order valence-electron chi connectivity index (χ1n) is 7.64. The Morgan fingerprint density at radius 3 is 2.50 bits per heavy atom. The quantitative estimate of drug-likeness (QED) is 0.634. The highest BCUT2D eigenvalue weighted by atomic mass is 35.5. The van der Waals surface area contributed by atoms with Gasteiger partial charge in [-0.2, -0.15) is 0 Å². The van der Waals surface area contributed by atoms with Crippen molar-refractivity contribution in [1.29, 1.82) is 0 Å². The average molecular weight is 375 g/mol. The van der Waals surface area contributed by atoms with E-state index >= 15 is 0 Å². The lowest BCUT2D eigenvalue weighted by atomic mass is 10.1. The summed E-state index contributed by atoms with van der Waals surface area (Å²) in [5.41, 5.74) is 0.527. The second-order valence-electron chi connectivity index (χ2n) is 5.32. The van der Waals surface area contributed by atoms with Gasteiger partial charge in [0.2, 0.25) is 11.2 Å². The molecule has 0 bridgehead atoms. The molecule has 3 aromatic rings. The van der Waals surface area contributed by atoms with Crippen LogP contribution in [0.2, 0.25) is 5.02 Å². The highest BCUT2D eigenvalue weighted by molar-refractivity contribution is 6.31. The number of benzene rings is 2. The van der Waals surface area contributed by atoms with Crippen molar-refractivity contribution in [3.63, 3.8) is 0 Å². The molecule has 3 rings (SSSR count). The first-order chi connectivity index (χ1) is 12.5. The van der Waals surface area contributed by atoms with Crippen LogP contribution in [0.4, 0.5) is 0 Å². The average Bonchev–Trinajstić information content (AvgIpc) is 2.67. The van der Waals surface area contributed by atoms with Gasteiger partial charge in [0.05, 0.1) is 19.6 Å². The van der Waals surface area contributed by atoms with Gasteiger partial charge in [-0.05, 0) is 42.5 Å². The van der Waals surface area contributed by atoms with Crippen LogP contribution in [0, 0.1) is 0 Å². The zero-order valence-electron chi connectivity index (χ0n) is 14.1. The number of esters is 1. The predicted octanol–water partition coefficient (Wildman–Crippen LogP) is 3.67. The summed E-state index contributed by atoms with van der Waals surface area (Å²) in [6, 6.07) is 11.6. The van der Waals surface area contributed by atoms with E-state index in [4.69, 9.17) is 25.5 Å². The summed E-state index contributed by atoms with van der Waals surface area (Å²) in [4.78, 5) is 24.3. The van der Waals surface area contributed by atoms with Crippen LogP contribution in [0.15, 0.2) is 51.7 Å². The van der Waals surface area contributed by atoms with E-state index in [0.717, 1.165) is 0 Å². The van der Waals surface area contributed by atoms with Gasteiger partial charge in [-0.25, -0.2) is 4.79 Å². The van der Waals surface area contributed by atoms with Crippen molar-refractivity contribution in [1.82, 2.24) is 0 Å². The van der Waals surface area contributed by atoms with Crippen molar-refractivity contribution in [2.75, 3.05) is 20.8 Å². The SMILES string of the molecule is COC(=O)COc1c(-c2ccc(OC)cc2)oc2ccc(Cl)cc2c1=O. The second kappa shape index (κ2) is 7.49. The Labute approximate surface area is 153 Å². The lowest BCUT2D eigenvalue weighted by Crippen LogP contribution is -2.17. The Morgan fingerprint density at radius 2 is 1.85 bits per heavy atom. The summed E-state index contributed by atoms with van der Waals surface area (Å²) in [5, 5.41) is 0.649. The summed E-state index contributed by atoms with van der Waals surface area (Å²) in [7, 11) is 2.79. The van der Waals surface area contributed by atoms with Crippen LogP contribution in [0.5, 0.6) is 11.5 Å². The van der Waals surface area contributed by atoms with Crippen LogP contribution in [0.3, 0.4) is 0 Å². The van der Waals surface area contributed by atoms with Gasteiger partial charge in [0.1, 0.15) is 11.3 Å². The van der Waals surface area contributed by atoms with Crippen molar-refractivity contribution >= 4 is 28.5 Å². The van der Waals surface area contributed by atoms with E-state index < -0.39 is 18.0 Å². The molecule has 2 aromatic carbocycles. The topological polar surface area (TPSA) is 75.0 Å². The monoisotopic (exact) mass is 374 g/mol. The van der Waals surface area contributed by atoms with E-state index in [-0.39, 0.29) is 16.9 Å². The summed E-state index contributed by atoms with van der Waals surface area (Å²) in [5.74, 6) is 0.156. The fourth-order valence-electron chi connectivity index (χ4n) is 2.40. The number of carbonyl (C=O) groups is 1. The molecular weight excluding hydrogens is 360 g/mol. The van der Waals surface area contributed by atoms with Crippen LogP contribution in [-0.2, 0) is 9.53 Å². The maximum absolute atomic E-state index is 12.9. The molecule has 0 aliphatic carbocycles. The third kappa shape index (κ3) is 3.50. The molecule has 0 N–H and O–H groups in total. The predicted molar refractivity (Wildman–Crippen MR) is 97.0 cm³/mol. The van der Waals surface area contributed by atoms with Gasteiger partial charge in [-0.3, -0.25) is 4.79 Å². The van der Waals surface area contributed by atoms with E-state index in [1.54, 1.807) is 43.5 Å². The minimum absolute atomic E-state index is 0.0877. The molecule has 1 aromatic heterocycles. The van der Waals surface area contributed by atoms with Crippen molar-refractivity contribution in [2.45, 2.75) is 0 Å². The standard InChI is InChI=1S/C19H15ClO6/c1-23-13-6-3-11(4-7-13)18-19(25-10-16(21)24-2)17(22)14-9-12(20)5-8-15(14)26-18/h3-9H,10H2,1-2H3. The zero-order valence-corrected chi connectivity index (χ0v) is 14.8. The molecule has 0 saturated carbocycles. The highest BCUT2D eigenvalue weighted by Crippen LogP contribution is 2.32. The molecule has 134 valence electrons. The van der Waals surface area contributed by atoms with Crippen LogP contribution in [0.25, 0.3) is 22.3 Å². The van der Waals surface area contributed by atoms with Gasteiger partial charge >= 0.3 is 5.97 Å². The van der Waals surface area contributed by atoms with Gasteiger partial charge < -0.3 is 18.6 Å². The lowest BCUT2D eigenvalue weighted by molar-refractivity contribution is -0.142. The second-order valence-corrected chi connectivity index (χ2v) is 5.76. The maximum Gasteiger partial charge on any atom is 0.343 e. The number of halogens is 1. The molecule has 0 fully saturated rings. The lowest BCUT2D eigenvalue weighted by Gasteiger charge is -2.11. The normalized spacial score (nSPS) is 10.6. The van der Waals surface area contributed by atoms with E-state index in [9.17, 15) is 9.59 Å². The molecule has 0 amide bonds. The molecule has 26 heavy (non-hydrogen) atoms. The van der Waals surface area contributed by atoms with E-state index in [2.05, 4.69) is 4.74 Å². The summed E-state index contributed by atoms with van der Waals surface area (Å²) in [6.45, 7) is -0.420. The number of ether oxygens (including phenoxy) is 3. The third-order valence-corrected chi connectivity index (χ3v) is 3.96. The van der Waals surface area contributed by atoms with Crippen LogP contribution < -0.4 is 14.9 Å². The summed E-state index contributed by atoms with van der Waals surface area (Å²) >= 11 is 5.97. The Hall–Kier alpha value is -2.99. The van der Waals surface area contributed by atoms with Gasteiger partial charge in [0, 0.05) is 10.6 Å². The fourth-order valence-corrected chi connectivity index (χ4v) is 2.58. The van der Waals surface area contributed by atoms with Crippen molar-refractivity contribution < 1.29 is 23.4 Å². The largest absolute Gasteiger partial charge is 0.497 e. The van der Waals surface area contributed by atoms with Crippen molar-refractivity contribution in [3.8, 4) is 22.8 Å². The third-order valence-electron chi connectivity index (χ3n) is 3.72. The number of carbonyl (C=O) groups excluding carboxylic acids is 1. The number of rotatable bonds is 5. The Morgan fingerprint density at radius 1 is 1.12 bits per heavy atom. The van der Waals surface area contributed by atoms with Crippen LogP contribution in [-0.4, -0.2) is 26.8 Å². The Kier molecular flexibility index (Phi) is 5.14. The number of fused-ring (bicyclic) bond motifs is 1. The minimum Gasteiger partial charge on any atom is -0.497 e. The van der Waals surface area contributed by atoms with E-state index in [0.29, 0.717) is 21.9 Å². The number of hydrogen-bond donors (Lipinski definition) is 0. The molecule has 0 atom stereocenters. The first-order valence-corrected chi connectivity index (χ1v) is 8.01.